The number of hydrogen-bond donors (Lipinski definition) is 1. The molecule has 1 fully saturated rings. The maximum absolute atomic E-state index is 13.6. The summed E-state index contributed by atoms with van der Waals surface area (Å²) < 4.78 is 13.6. The summed E-state index contributed by atoms with van der Waals surface area (Å²) >= 11 is 0. The minimum absolute atomic E-state index is 0.0996. The molecule has 0 atom stereocenters. The lowest BCUT2D eigenvalue weighted by molar-refractivity contribution is 0.0864. The minimum Gasteiger partial charge on any atom is -0.330 e. The number of Topliss-reactive ketones (excluding diaryl/α,β-unsaturated/α-hetero) is 1. The summed E-state index contributed by atoms with van der Waals surface area (Å²) in [5.74, 6) is -0.536. The van der Waals surface area contributed by atoms with E-state index in [9.17, 15) is 9.18 Å². The molecular weight excluding hydrogens is 229 g/mol. The largest absolute Gasteiger partial charge is 0.330 e. The van der Waals surface area contributed by atoms with Crippen molar-refractivity contribution >= 4 is 5.78 Å². The second-order valence-corrected chi connectivity index (χ2v) is 5.34. The fourth-order valence-electron chi connectivity index (χ4n) is 2.88. The summed E-state index contributed by atoms with van der Waals surface area (Å²) in [5, 5.41) is 0. The molecule has 1 saturated carbocycles. The van der Waals surface area contributed by atoms with E-state index in [1.807, 2.05) is 0 Å². The molecule has 0 bridgehead atoms. The zero-order valence-electron chi connectivity index (χ0n) is 10.6. The molecule has 0 aliphatic heterocycles. The zero-order valence-corrected chi connectivity index (χ0v) is 10.6. The van der Waals surface area contributed by atoms with Gasteiger partial charge in [-0.15, -0.1) is 0 Å². The summed E-state index contributed by atoms with van der Waals surface area (Å²) in [4.78, 5) is 12.2. The quantitative estimate of drug-likeness (QED) is 0.832. The predicted molar refractivity (Wildman–Crippen MR) is 69.9 cm³/mol. The fourth-order valence-corrected chi connectivity index (χ4v) is 2.88. The van der Waals surface area contributed by atoms with Gasteiger partial charge < -0.3 is 5.73 Å². The van der Waals surface area contributed by atoms with Gasteiger partial charge in [-0.2, -0.15) is 0 Å². The lowest BCUT2D eigenvalue weighted by atomic mass is 9.70. The number of carbonyl (C=O) groups is 1. The van der Waals surface area contributed by atoms with Gasteiger partial charge in [0.05, 0.1) is 5.56 Å². The lowest BCUT2D eigenvalue weighted by Crippen LogP contribution is -2.35. The van der Waals surface area contributed by atoms with Crippen LogP contribution in [-0.4, -0.2) is 12.3 Å². The summed E-state index contributed by atoms with van der Waals surface area (Å²) in [5.41, 5.74) is 5.96. The highest BCUT2D eigenvalue weighted by Gasteiger charge is 2.33. The lowest BCUT2D eigenvalue weighted by Gasteiger charge is -2.35. The zero-order chi connectivity index (χ0) is 13.0. The van der Waals surface area contributed by atoms with Crippen LogP contribution < -0.4 is 5.73 Å². The molecule has 1 aromatic rings. The maximum Gasteiger partial charge on any atom is 0.166 e. The third-order valence-corrected chi connectivity index (χ3v) is 4.06. The monoisotopic (exact) mass is 249 g/mol. The van der Waals surface area contributed by atoms with Crippen LogP contribution in [0.2, 0.25) is 0 Å². The van der Waals surface area contributed by atoms with Crippen molar-refractivity contribution in [2.75, 3.05) is 6.54 Å². The molecule has 3 heteroatoms. The van der Waals surface area contributed by atoms with Gasteiger partial charge in [0.15, 0.2) is 5.78 Å². The number of carbonyl (C=O) groups excluding carboxylic acids is 1. The minimum atomic E-state index is -0.425. The molecule has 0 spiro atoms. The highest BCUT2D eigenvalue weighted by molar-refractivity contribution is 5.96. The van der Waals surface area contributed by atoms with Crippen molar-refractivity contribution in [3.63, 3.8) is 0 Å². The highest BCUT2D eigenvalue weighted by Crippen LogP contribution is 2.39. The van der Waals surface area contributed by atoms with Crippen LogP contribution in [0.1, 0.15) is 48.9 Å². The summed E-state index contributed by atoms with van der Waals surface area (Å²) in [6.45, 7) is 0.521. The van der Waals surface area contributed by atoms with Crippen molar-refractivity contribution in [1.82, 2.24) is 0 Å². The SMILES string of the molecule is NCC1(CC(=O)c2ccccc2F)CCCCC1. The van der Waals surface area contributed by atoms with Crippen molar-refractivity contribution < 1.29 is 9.18 Å². The van der Waals surface area contributed by atoms with Crippen molar-refractivity contribution in [3.8, 4) is 0 Å². The van der Waals surface area contributed by atoms with Gasteiger partial charge in [0, 0.05) is 6.42 Å². The van der Waals surface area contributed by atoms with E-state index in [2.05, 4.69) is 0 Å². The molecule has 18 heavy (non-hydrogen) atoms. The number of halogens is 1. The van der Waals surface area contributed by atoms with Crippen molar-refractivity contribution in [2.45, 2.75) is 38.5 Å². The van der Waals surface area contributed by atoms with Gasteiger partial charge in [-0.3, -0.25) is 4.79 Å². The van der Waals surface area contributed by atoms with Crippen molar-refractivity contribution in [2.24, 2.45) is 11.1 Å². The molecule has 2 rings (SSSR count). The molecule has 0 aromatic heterocycles. The Balaban J connectivity index is 2.13. The Labute approximate surface area is 107 Å². The van der Waals surface area contributed by atoms with E-state index in [0.717, 1.165) is 25.7 Å². The van der Waals surface area contributed by atoms with Gasteiger partial charge in [-0.05, 0) is 36.9 Å². The second kappa shape index (κ2) is 5.61. The Morgan fingerprint density at radius 2 is 1.89 bits per heavy atom. The van der Waals surface area contributed by atoms with E-state index in [1.165, 1.54) is 12.5 Å². The Morgan fingerprint density at radius 1 is 1.22 bits per heavy atom. The molecule has 2 N–H and O–H groups in total. The standard InChI is InChI=1S/C15H20FNO/c16-13-7-3-2-6-12(13)14(18)10-15(11-17)8-4-1-5-9-15/h2-3,6-7H,1,4-5,8-11,17H2. The average Bonchev–Trinajstić information content (AvgIpc) is 2.40. The van der Waals surface area contributed by atoms with Crippen LogP contribution >= 0.6 is 0 Å². The fraction of sp³-hybridized carbons (Fsp3) is 0.533. The topological polar surface area (TPSA) is 43.1 Å². The van der Waals surface area contributed by atoms with E-state index in [-0.39, 0.29) is 16.8 Å². The van der Waals surface area contributed by atoms with Crippen LogP contribution in [0.25, 0.3) is 0 Å². The number of nitrogens with two attached hydrogens (primary N) is 1. The Morgan fingerprint density at radius 3 is 2.50 bits per heavy atom. The summed E-state index contributed by atoms with van der Waals surface area (Å²) in [7, 11) is 0. The van der Waals surface area contributed by atoms with Gasteiger partial charge in [-0.1, -0.05) is 31.4 Å². The molecule has 0 saturated heterocycles. The van der Waals surface area contributed by atoms with Crippen LogP contribution in [0, 0.1) is 11.2 Å². The molecule has 1 aliphatic rings. The van der Waals surface area contributed by atoms with Crippen molar-refractivity contribution in [3.05, 3.63) is 35.6 Å². The summed E-state index contributed by atoms with van der Waals surface area (Å²) in [6, 6.07) is 6.20. The van der Waals surface area contributed by atoms with E-state index < -0.39 is 5.82 Å². The number of rotatable bonds is 4. The molecule has 1 aromatic carbocycles. The third kappa shape index (κ3) is 2.78. The summed E-state index contributed by atoms with van der Waals surface area (Å²) in [6.07, 6.45) is 5.83. The third-order valence-electron chi connectivity index (χ3n) is 4.06. The normalized spacial score (nSPS) is 18.6. The van der Waals surface area contributed by atoms with Gasteiger partial charge in [0.25, 0.3) is 0 Å². The molecule has 2 nitrogen and oxygen atoms in total. The first-order valence-corrected chi connectivity index (χ1v) is 6.65. The van der Waals surface area contributed by atoms with E-state index >= 15 is 0 Å². The van der Waals surface area contributed by atoms with Gasteiger partial charge in [0.2, 0.25) is 0 Å². The maximum atomic E-state index is 13.6. The van der Waals surface area contributed by atoms with Crippen LogP contribution in [0.3, 0.4) is 0 Å². The molecule has 1 aliphatic carbocycles. The van der Waals surface area contributed by atoms with Gasteiger partial charge in [0.1, 0.15) is 5.82 Å². The number of benzene rings is 1. The Kier molecular flexibility index (Phi) is 4.12. The average molecular weight is 249 g/mol. The highest BCUT2D eigenvalue weighted by atomic mass is 19.1. The van der Waals surface area contributed by atoms with E-state index in [4.69, 9.17) is 5.73 Å². The van der Waals surface area contributed by atoms with Gasteiger partial charge in [-0.25, -0.2) is 4.39 Å². The first-order chi connectivity index (χ1) is 8.67. The molecule has 0 amide bonds. The molecular formula is C15H20FNO. The van der Waals surface area contributed by atoms with Crippen LogP contribution in [0.15, 0.2) is 24.3 Å². The van der Waals surface area contributed by atoms with Crippen LogP contribution in [0.4, 0.5) is 4.39 Å². The smallest absolute Gasteiger partial charge is 0.166 e. The second-order valence-electron chi connectivity index (χ2n) is 5.34. The van der Waals surface area contributed by atoms with E-state index in [1.54, 1.807) is 18.2 Å². The first kappa shape index (κ1) is 13.2. The van der Waals surface area contributed by atoms with Crippen LogP contribution in [0.5, 0.6) is 0 Å². The molecule has 98 valence electrons. The van der Waals surface area contributed by atoms with Gasteiger partial charge >= 0.3 is 0 Å². The number of hydrogen-bond acceptors (Lipinski definition) is 2. The molecule has 0 radical (unpaired) electrons. The number of ketones is 1. The van der Waals surface area contributed by atoms with E-state index in [0.29, 0.717) is 13.0 Å². The van der Waals surface area contributed by atoms with Crippen LogP contribution in [-0.2, 0) is 0 Å². The van der Waals surface area contributed by atoms with Crippen molar-refractivity contribution in [1.29, 1.82) is 0 Å². The Hall–Kier alpha value is -1.22. The predicted octanol–water partition coefficient (Wildman–Crippen LogP) is 3.31. The Bertz CT molecular complexity index is 424. The molecule has 0 heterocycles. The molecule has 0 unspecified atom stereocenters. The first-order valence-electron chi connectivity index (χ1n) is 6.65.